The zero-order valence-corrected chi connectivity index (χ0v) is 15.0. The van der Waals surface area contributed by atoms with Crippen LogP contribution in [0.15, 0.2) is 10.4 Å². The molecule has 0 atom stereocenters. The van der Waals surface area contributed by atoms with Crippen molar-refractivity contribution in [3.05, 3.63) is 11.1 Å². The minimum absolute atomic E-state index is 0.0704. The van der Waals surface area contributed by atoms with E-state index in [0.29, 0.717) is 12.5 Å². The maximum absolute atomic E-state index is 11.8. The molecule has 1 heterocycles. The maximum atomic E-state index is 11.8. The molecule has 1 rings (SSSR count). The number of nitrogens with zero attached hydrogens (tertiary/aromatic N) is 3. The van der Waals surface area contributed by atoms with Crippen molar-refractivity contribution in [2.75, 3.05) is 32.6 Å². The van der Waals surface area contributed by atoms with Crippen molar-refractivity contribution in [2.24, 2.45) is 4.99 Å². The zero-order valence-electron chi connectivity index (χ0n) is 14.1. The molecule has 0 radical (unpaired) electrons. The van der Waals surface area contributed by atoms with Gasteiger partial charge in [0.1, 0.15) is 0 Å². The summed E-state index contributed by atoms with van der Waals surface area (Å²) in [7, 11) is 5.60. The van der Waals surface area contributed by atoms with Crippen LogP contribution in [0.25, 0.3) is 0 Å². The van der Waals surface area contributed by atoms with E-state index in [1.54, 1.807) is 18.4 Å². The van der Waals surface area contributed by atoms with E-state index in [2.05, 4.69) is 25.9 Å². The predicted molar refractivity (Wildman–Crippen MR) is 92.5 cm³/mol. The molecule has 0 fully saturated rings. The summed E-state index contributed by atoms with van der Waals surface area (Å²) in [5, 5.41) is 12.0. The second-order valence-corrected chi connectivity index (χ2v) is 6.93. The second kappa shape index (κ2) is 7.98. The molecule has 22 heavy (non-hydrogen) atoms. The monoisotopic (exact) mass is 326 g/mol. The van der Waals surface area contributed by atoms with Crippen molar-refractivity contribution in [2.45, 2.75) is 32.9 Å². The number of rotatable bonds is 5. The van der Waals surface area contributed by atoms with Crippen LogP contribution < -0.4 is 20.9 Å². The number of aromatic nitrogens is 1. The van der Waals surface area contributed by atoms with Crippen LogP contribution in [0.5, 0.6) is 0 Å². The van der Waals surface area contributed by atoms with E-state index in [4.69, 9.17) is 0 Å². The van der Waals surface area contributed by atoms with Gasteiger partial charge in [0.15, 0.2) is 11.1 Å². The summed E-state index contributed by atoms with van der Waals surface area (Å²) in [5.41, 5.74) is 0.703. The van der Waals surface area contributed by atoms with E-state index in [1.807, 2.05) is 45.1 Å². The third-order valence-electron chi connectivity index (χ3n) is 2.51. The smallest absolute Gasteiger partial charge is 0.239 e. The molecule has 0 saturated heterocycles. The Kier molecular flexibility index (Phi) is 6.61. The Morgan fingerprint density at radius 3 is 2.55 bits per heavy atom. The number of carbonyl (C=O) groups excluding carboxylic acids is 1. The van der Waals surface area contributed by atoms with E-state index in [9.17, 15) is 4.79 Å². The van der Waals surface area contributed by atoms with Crippen molar-refractivity contribution in [3.63, 3.8) is 0 Å². The van der Waals surface area contributed by atoms with Gasteiger partial charge in [-0.3, -0.25) is 9.79 Å². The van der Waals surface area contributed by atoms with E-state index in [0.717, 1.165) is 10.8 Å². The molecule has 0 aliphatic carbocycles. The van der Waals surface area contributed by atoms with Crippen LogP contribution in [0.4, 0.5) is 5.13 Å². The summed E-state index contributed by atoms with van der Waals surface area (Å²) in [6.45, 7) is 6.58. The number of aliphatic imine (C=N–C) groups is 1. The lowest BCUT2D eigenvalue weighted by molar-refractivity contribution is -0.121. The maximum Gasteiger partial charge on any atom is 0.239 e. The van der Waals surface area contributed by atoms with Crippen LogP contribution in [0.3, 0.4) is 0 Å². The van der Waals surface area contributed by atoms with E-state index in [-0.39, 0.29) is 18.0 Å². The van der Waals surface area contributed by atoms with Gasteiger partial charge >= 0.3 is 0 Å². The van der Waals surface area contributed by atoms with E-state index < -0.39 is 0 Å². The number of anilines is 1. The summed E-state index contributed by atoms with van der Waals surface area (Å²) in [6.07, 6.45) is 0. The number of nitrogens with one attached hydrogen (secondary N) is 3. The molecule has 3 N–H and O–H groups in total. The molecule has 7 nitrogen and oxygen atoms in total. The third kappa shape index (κ3) is 6.75. The number of amides is 1. The molecule has 124 valence electrons. The molecule has 1 aromatic rings. The minimum atomic E-state index is -0.237. The van der Waals surface area contributed by atoms with Crippen LogP contribution in [0.1, 0.15) is 26.5 Å². The molecule has 0 saturated carbocycles. The van der Waals surface area contributed by atoms with Crippen LogP contribution in [0.2, 0.25) is 0 Å². The minimum Gasteiger partial charge on any atom is -0.354 e. The molecule has 0 aliphatic heterocycles. The van der Waals surface area contributed by atoms with Gasteiger partial charge in [0.25, 0.3) is 0 Å². The van der Waals surface area contributed by atoms with E-state index >= 15 is 0 Å². The molecule has 0 spiro atoms. The molecular weight excluding hydrogens is 300 g/mol. The summed E-state index contributed by atoms with van der Waals surface area (Å²) in [4.78, 5) is 22.3. The number of thiazole rings is 1. The Morgan fingerprint density at radius 1 is 1.36 bits per heavy atom. The quantitative estimate of drug-likeness (QED) is 0.550. The van der Waals surface area contributed by atoms with Crippen molar-refractivity contribution < 1.29 is 4.79 Å². The van der Waals surface area contributed by atoms with Gasteiger partial charge in [-0.1, -0.05) is 0 Å². The van der Waals surface area contributed by atoms with Gasteiger partial charge in [0.2, 0.25) is 5.91 Å². The SMILES string of the molecule is CN=C(NCC(=O)NC(C)(C)C)NCc1csc(N(C)C)n1. The summed E-state index contributed by atoms with van der Waals surface area (Å²) in [5.74, 6) is 0.502. The van der Waals surface area contributed by atoms with Crippen molar-refractivity contribution in [1.29, 1.82) is 0 Å². The van der Waals surface area contributed by atoms with Gasteiger partial charge in [-0.2, -0.15) is 0 Å². The summed E-state index contributed by atoms with van der Waals surface area (Å²) >= 11 is 1.59. The molecule has 1 aromatic heterocycles. The fraction of sp³-hybridized carbons (Fsp3) is 0.643. The number of guanidine groups is 1. The highest BCUT2D eigenvalue weighted by Crippen LogP contribution is 2.17. The average Bonchev–Trinajstić information content (AvgIpc) is 2.86. The lowest BCUT2D eigenvalue weighted by Crippen LogP contribution is -2.48. The number of hydrogen-bond acceptors (Lipinski definition) is 5. The topological polar surface area (TPSA) is 81.6 Å². The first-order valence-corrected chi connectivity index (χ1v) is 7.96. The molecular formula is C14H26N6OS. The highest BCUT2D eigenvalue weighted by atomic mass is 32.1. The highest BCUT2D eigenvalue weighted by molar-refractivity contribution is 7.13. The first-order chi connectivity index (χ1) is 10.2. The Hall–Kier alpha value is -1.83. The van der Waals surface area contributed by atoms with Crippen molar-refractivity contribution in [3.8, 4) is 0 Å². The molecule has 8 heteroatoms. The second-order valence-electron chi connectivity index (χ2n) is 6.09. The molecule has 0 bridgehead atoms. The highest BCUT2D eigenvalue weighted by Gasteiger charge is 2.13. The van der Waals surface area contributed by atoms with Gasteiger partial charge in [-0.05, 0) is 20.8 Å². The number of hydrogen-bond donors (Lipinski definition) is 3. The van der Waals surface area contributed by atoms with Gasteiger partial charge in [-0.15, -0.1) is 11.3 Å². The summed E-state index contributed by atoms with van der Waals surface area (Å²) < 4.78 is 0. The largest absolute Gasteiger partial charge is 0.354 e. The molecule has 0 unspecified atom stereocenters. The lowest BCUT2D eigenvalue weighted by Gasteiger charge is -2.21. The van der Waals surface area contributed by atoms with Crippen molar-refractivity contribution >= 4 is 28.3 Å². The van der Waals surface area contributed by atoms with Crippen molar-refractivity contribution in [1.82, 2.24) is 20.9 Å². The molecule has 1 amide bonds. The average molecular weight is 326 g/mol. The molecule has 0 aliphatic rings. The molecule has 0 aromatic carbocycles. The van der Waals surface area contributed by atoms with Gasteiger partial charge in [0.05, 0.1) is 18.8 Å². The van der Waals surface area contributed by atoms with Crippen LogP contribution in [-0.4, -0.2) is 50.1 Å². The Labute approximate surface area is 136 Å². The van der Waals surface area contributed by atoms with Crippen LogP contribution in [0, 0.1) is 0 Å². The fourth-order valence-electron chi connectivity index (χ4n) is 1.60. The van der Waals surface area contributed by atoms with Gasteiger partial charge < -0.3 is 20.9 Å². The normalized spacial score (nSPS) is 12.0. The zero-order chi connectivity index (χ0) is 16.8. The number of carbonyl (C=O) groups is 1. The Balaban J connectivity index is 2.41. The summed E-state index contributed by atoms with van der Waals surface area (Å²) in [6, 6.07) is 0. The first-order valence-electron chi connectivity index (χ1n) is 7.08. The lowest BCUT2D eigenvalue weighted by atomic mass is 10.1. The van der Waals surface area contributed by atoms with E-state index in [1.165, 1.54) is 0 Å². The Bertz CT molecular complexity index is 518. The first kappa shape index (κ1) is 18.2. The van der Waals surface area contributed by atoms with Gasteiger partial charge in [0, 0.05) is 32.1 Å². The van der Waals surface area contributed by atoms with Gasteiger partial charge in [-0.25, -0.2) is 4.98 Å². The fourth-order valence-corrected chi connectivity index (χ4v) is 2.36. The Morgan fingerprint density at radius 2 is 2.05 bits per heavy atom. The third-order valence-corrected chi connectivity index (χ3v) is 3.57. The van der Waals surface area contributed by atoms with Crippen LogP contribution >= 0.6 is 11.3 Å². The predicted octanol–water partition coefficient (Wildman–Crippen LogP) is 0.789. The standard InChI is InChI=1S/C14H26N6OS/c1-14(2,3)19-11(21)8-17-12(15-4)16-7-10-9-22-13(18-10)20(5)6/h9H,7-8H2,1-6H3,(H,19,21)(H2,15,16,17). The van der Waals surface area contributed by atoms with Crippen LogP contribution in [-0.2, 0) is 11.3 Å².